The SMILES string of the molecule is C/C(CCl)=C(\C)c1nccc(=O)n1C. The Kier molecular flexibility index (Phi) is 3.47. The monoisotopic (exact) mass is 212 g/mol. The molecule has 76 valence electrons. The summed E-state index contributed by atoms with van der Waals surface area (Å²) in [6.45, 7) is 3.85. The van der Waals surface area contributed by atoms with Gasteiger partial charge in [-0.05, 0) is 19.4 Å². The largest absolute Gasteiger partial charge is 0.296 e. The van der Waals surface area contributed by atoms with Crippen molar-refractivity contribution >= 4 is 17.2 Å². The van der Waals surface area contributed by atoms with Gasteiger partial charge in [-0.3, -0.25) is 9.36 Å². The van der Waals surface area contributed by atoms with Crippen LogP contribution in [-0.2, 0) is 7.05 Å². The summed E-state index contributed by atoms with van der Waals surface area (Å²) in [4.78, 5) is 15.5. The second-order valence-electron chi connectivity index (χ2n) is 3.20. The first kappa shape index (κ1) is 11.0. The van der Waals surface area contributed by atoms with E-state index in [9.17, 15) is 4.79 Å². The summed E-state index contributed by atoms with van der Waals surface area (Å²) in [5.41, 5.74) is 1.93. The van der Waals surface area contributed by atoms with Crippen LogP contribution in [0.1, 0.15) is 19.7 Å². The van der Waals surface area contributed by atoms with Crippen LogP contribution in [0.25, 0.3) is 5.57 Å². The van der Waals surface area contributed by atoms with Crippen molar-refractivity contribution in [1.82, 2.24) is 9.55 Å². The van der Waals surface area contributed by atoms with Crippen molar-refractivity contribution in [3.05, 3.63) is 34.0 Å². The molecule has 0 N–H and O–H groups in total. The molecular weight excluding hydrogens is 200 g/mol. The van der Waals surface area contributed by atoms with Crippen molar-refractivity contribution < 1.29 is 0 Å². The van der Waals surface area contributed by atoms with E-state index in [2.05, 4.69) is 4.98 Å². The number of halogens is 1. The van der Waals surface area contributed by atoms with E-state index in [4.69, 9.17) is 11.6 Å². The van der Waals surface area contributed by atoms with Crippen LogP contribution in [0.2, 0.25) is 0 Å². The minimum atomic E-state index is -0.0586. The van der Waals surface area contributed by atoms with Crippen LogP contribution in [0, 0.1) is 0 Å². The summed E-state index contributed by atoms with van der Waals surface area (Å²) >= 11 is 5.72. The Hall–Kier alpha value is -1.09. The number of allylic oxidation sites excluding steroid dienone is 2. The molecule has 0 saturated carbocycles. The highest BCUT2D eigenvalue weighted by Gasteiger charge is 2.05. The Labute approximate surface area is 88.0 Å². The van der Waals surface area contributed by atoms with Gasteiger partial charge in [-0.15, -0.1) is 11.6 Å². The quantitative estimate of drug-likeness (QED) is 0.701. The fraction of sp³-hybridized carbons (Fsp3) is 0.400. The lowest BCUT2D eigenvalue weighted by atomic mass is 10.1. The number of nitrogens with zero attached hydrogens (tertiary/aromatic N) is 2. The zero-order valence-corrected chi connectivity index (χ0v) is 9.30. The fourth-order valence-corrected chi connectivity index (χ4v) is 1.31. The van der Waals surface area contributed by atoms with Crippen LogP contribution in [0.4, 0.5) is 0 Å². The van der Waals surface area contributed by atoms with E-state index in [1.807, 2.05) is 13.8 Å². The maximum atomic E-state index is 11.3. The molecule has 0 aliphatic rings. The van der Waals surface area contributed by atoms with Crippen molar-refractivity contribution in [2.75, 3.05) is 5.88 Å². The summed E-state index contributed by atoms with van der Waals surface area (Å²) in [6, 6.07) is 1.44. The molecule has 14 heavy (non-hydrogen) atoms. The number of aromatic nitrogens is 2. The van der Waals surface area contributed by atoms with E-state index >= 15 is 0 Å². The highest BCUT2D eigenvalue weighted by molar-refractivity contribution is 6.19. The van der Waals surface area contributed by atoms with Gasteiger partial charge in [0, 0.05) is 25.2 Å². The first-order chi connectivity index (χ1) is 6.57. The predicted molar refractivity (Wildman–Crippen MR) is 58.5 cm³/mol. The smallest absolute Gasteiger partial charge is 0.253 e. The summed E-state index contributed by atoms with van der Waals surface area (Å²) in [6.07, 6.45) is 1.52. The molecule has 1 heterocycles. The molecule has 0 aromatic carbocycles. The maximum absolute atomic E-state index is 11.3. The zero-order chi connectivity index (χ0) is 10.7. The van der Waals surface area contributed by atoms with Crippen molar-refractivity contribution in [1.29, 1.82) is 0 Å². The predicted octanol–water partition coefficient (Wildman–Crippen LogP) is 1.81. The van der Waals surface area contributed by atoms with E-state index in [1.165, 1.54) is 16.8 Å². The Balaban J connectivity index is 3.34. The van der Waals surface area contributed by atoms with E-state index in [0.717, 1.165) is 11.1 Å². The molecule has 3 nitrogen and oxygen atoms in total. The van der Waals surface area contributed by atoms with Gasteiger partial charge < -0.3 is 0 Å². The average Bonchev–Trinajstić information content (AvgIpc) is 2.20. The number of rotatable bonds is 2. The molecular formula is C10H13ClN2O. The number of hydrogen-bond acceptors (Lipinski definition) is 2. The minimum Gasteiger partial charge on any atom is -0.296 e. The fourth-order valence-electron chi connectivity index (χ4n) is 1.11. The van der Waals surface area contributed by atoms with Crippen molar-refractivity contribution in [2.24, 2.45) is 7.05 Å². The molecule has 0 atom stereocenters. The third-order valence-electron chi connectivity index (χ3n) is 2.24. The van der Waals surface area contributed by atoms with E-state index in [1.54, 1.807) is 7.05 Å². The van der Waals surface area contributed by atoms with Crippen LogP contribution in [0.3, 0.4) is 0 Å². The van der Waals surface area contributed by atoms with Gasteiger partial charge in [0.05, 0.1) is 0 Å². The van der Waals surface area contributed by atoms with Gasteiger partial charge in [-0.1, -0.05) is 5.57 Å². The van der Waals surface area contributed by atoms with Crippen molar-refractivity contribution in [3.8, 4) is 0 Å². The third-order valence-corrected chi connectivity index (χ3v) is 2.64. The molecule has 1 aromatic heterocycles. The average molecular weight is 213 g/mol. The lowest BCUT2D eigenvalue weighted by molar-refractivity contribution is 0.800. The molecule has 0 aliphatic carbocycles. The second-order valence-corrected chi connectivity index (χ2v) is 3.47. The first-order valence-electron chi connectivity index (χ1n) is 4.32. The van der Waals surface area contributed by atoms with E-state index < -0.39 is 0 Å². The lowest BCUT2D eigenvalue weighted by Crippen LogP contribution is -2.20. The Bertz CT molecular complexity index is 420. The van der Waals surface area contributed by atoms with Gasteiger partial charge in [0.15, 0.2) is 0 Å². The number of hydrogen-bond donors (Lipinski definition) is 0. The summed E-state index contributed by atoms with van der Waals surface area (Å²) in [5, 5.41) is 0. The highest BCUT2D eigenvalue weighted by atomic mass is 35.5. The zero-order valence-electron chi connectivity index (χ0n) is 8.54. The van der Waals surface area contributed by atoms with Gasteiger partial charge in [0.25, 0.3) is 5.56 Å². The molecule has 0 bridgehead atoms. The molecule has 1 aromatic rings. The van der Waals surface area contributed by atoms with Crippen LogP contribution in [0.15, 0.2) is 22.6 Å². The Morgan fingerprint density at radius 3 is 2.79 bits per heavy atom. The molecule has 0 amide bonds. The highest BCUT2D eigenvalue weighted by Crippen LogP contribution is 2.14. The summed E-state index contributed by atoms with van der Waals surface area (Å²) in [5.74, 6) is 1.13. The molecule has 0 unspecified atom stereocenters. The molecule has 0 fully saturated rings. The van der Waals surface area contributed by atoms with Crippen LogP contribution in [-0.4, -0.2) is 15.4 Å². The summed E-state index contributed by atoms with van der Waals surface area (Å²) in [7, 11) is 1.70. The molecule has 0 radical (unpaired) electrons. The van der Waals surface area contributed by atoms with Crippen molar-refractivity contribution in [2.45, 2.75) is 13.8 Å². The molecule has 4 heteroatoms. The van der Waals surface area contributed by atoms with Gasteiger partial charge in [-0.2, -0.15) is 0 Å². The molecule has 0 spiro atoms. The molecule has 0 aliphatic heterocycles. The van der Waals surface area contributed by atoms with Crippen molar-refractivity contribution in [3.63, 3.8) is 0 Å². The standard InChI is InChI=1S/C10H13ClN2O/c1-7(6-11)8(2)10-12-5-4-9(14)13(10)3/h4-5H,6H2,1-3H3/b8-7-. The van der Waals surface area contributed by atoms with Crippen LogP contribution in [0.5, 0.6) is 0 Å². The van der Waals surface area contributed by atoms with Crippen LogP contribution < -0.4 is 5.56 Å². The Morgan fingerprint density at radius 2 is 2.21 bits per heavy atom. The van der Waals surface area contributed by atoms with Gasteiger partial charge in [0.1, 0.15) is 5.82 Å². The second kappa shape index (κ2) is 4.42. The molecule has 1 rings (SSSR count). The lowest BCUT2D eigenvalue weighted by Gasteiger charge is -2.08. The topological polar surface area (TPSA) is 34.9 Å². The third kappa shape index (κ3) is 2.04. The Morgan fingerprint density at radius 1 is 1.57 bits per heavy atom. The molecule has 0 saturated heterocycles. The van der Waals surface area contributed by atoms with Gasteiger partial charge in [-0.25, -0.2) is 4.98 Å². The normalized spacial score (nSPS) is 12.6. The van der Waals surface area contributed by atoms with E-state index in [-0.39, 0.29) is 5.56 Å². The summed E-state index contributed by atoms with van der Waals surface area (Å²) < 4.78 is 1.52. The number of alkyl halides is 1. The van der Waals surface area contributed by atoms with Gasteiger partial charge >= 0.3 is 0 Å². The van der Waals surface area contributed by atoms with E-state index in [0.29, 0.717) is 11.7 Å². The minimum absolute atomic E-state index is 0.0586. The van der Waals surface area contributed by atoms with Gasteiger partial charge in [0.2, 0.25) is 0 Å². The van der Waals surface area contributed by atoms with Crippen LogP contribution >= 0.6 is 11.6 Å². The maximum Gasteiger partial charge on any atom is 0.253 e. The first-order valence-corrected chi connectivity index (χ1v) is 4.86.